The Labute approximate surface area is 299 Å². The maximum atomic E-state index is 13.2. The highest BCUT2D eigenvalue weighted by Crippen LogP contribution is 2.30. The number of nitrogens with zero attached hydrogens (tertiary/aromatic N) is 2. The zero-order chi connectivity index (χ0) is 36.2. The van der Waals surface area contributed by atoms with Gasteiger partial charge in [-0.05, 0) is 57.3 Å². The van der Waals surface area contributed by atoms with Crippen LogP contribution in [0.3, 0.4) is 0 Å². The summed E-state index contributed by atoms with van der Waals surface area (Å²) in [5.41, 5.74) is 5.12. The second-order valence-corrected chi connectivity index (χ2v) is 18.8. The third-order valence-corrected chi connectivity index (χ3v) is 12.0. The molecule has 0 bridgehead atoms. The highest BCUT2D eigenvalue weighted by Gasteiger charge is 2.34. The minimum atomic E-state index is -3.51. The molecule has 0 amide bonds. The highest BCUT2D eigenvalue weighted by atomic mass is 32.2. The first-order valence-corrected chi connectivity index (χ1v) is 20.3. The summed E-state index contributed by atoms with van der Waals surface area (Å²) >= 11 is 0. The first-order valence-electron chi connectivity index (χ1n) is 17.0. The summed E-state index contributed by atoms with van der Waals surface area (Å²) in [5.74, 6) is -0.0272. The largest absolute Gasteiger partial charge is 0.371 e. The Morgan fingerprint density at radius 2 is 1.04 bits per heavy atom. The van der Waals surface area contributed by atoms with E-state index in [0.717, 1.165) is 22.3 Å². The van der Waals surface area contributed by atoms with Gasteiger partial charge >= 0.3 is 0 Å². The Balaban J connectivity index is 0.000000194. The molecule has 0 aromatic heterocycles. The van der Waals surface area contributed by atoms with Gasteiger partial charge < -0.3 is 9.47 Å². The molecule has 10 heteroatoms. The maximum Gasteiger partial charge on any atom is 0.239 e. The molecule has 0 spiro atoms. The minimum Gasteiger partial charge on any atom is -0.371 e. The Morgan fingerprint density at radius 3 is 1.50 bits per heavy atom. The number of hydrogen-bond donors (Lipinski definition) is 0. The molecule has 2 fully saturated rings. The fourth-order valence-corrected chi connectivity index (χ4v) is 8.96. The molecule has 50 heavy (non-hydrogen) atoms. The summed E-state index contributed by atoms with van der Waals surface area (Å²) in [7, 11) is -7.01. The number of sulfonamides is 2. The van der Waals surface area contributed by atoms with E-state index in [2.05, 4.69) is 41.5 Å². The van der Waals surface area contributed by atoms with Gasteiger partial charge in [-0.25, -0.2) is 16.8 Å². The monoisotopic (exact) mass is 718 g/mol. The zero-order valence-corrected chi connectivity index (χ0v) is 31.6. The van der Waals surface area contributed by atoms with Crippen molar-refractivity contribution in [1.82, 2.24) is 0 Å². The van der Waals surface area contributed by atoms with Gasteiger partial charge in [-0.3, -0.25) is 8.61 Å². The average molecular weight is 719 g/mol. The molecule has 4 aromatic rings. The number of anilines is 2. The number of ether oxygens (including phenoxy) is 2. The van der Waals surface area contributed by atoms with Gasteiger partial charge in [0.1, 0.15) is 0 Å². The van der Waals surface area contributed by atoms with Gasteiger partial charge in [0.2, 0.25) is 20.0 Å². The molecule has 2 aliphatic rings. The number of rotatable bonds is 12. The molecule has 2 aliphatic heterocycles. The van der Waals surface area contributed by atoms with Crippen LogP contribution in [0.25, 0.3) is 0 Å². The fourth-order valence-electron chi connectivity index (χ4n) is 5.73. The molecule has 2 atom stereocenters. The van der Waals surface area contributed by atoms with Crippen LogP contribution in [0.4, 0.5) is 11.4 Å². The lowest BCUT2D eigenvalue weighted by Gasteiger charge is -2.27. The third-order valence-electron chi connectivity index (χ3n) is 8.61. The van der Waals surface area contributed by atoms with E-state index in [1.54, 1.807) is 0 Å². The second kappa shape index (κ2) is 15.3. The lowest BCUT2D eigenvalue weighted by atomic mass is 9.84. The highest BCUT2D eigenvalue weighted by molar-refractivity contribution is 7.92. The quantitative estimate of drug-likeness (QED) is 0.141. The first kappa shape index (κ1) is 37.6. The summed E-state index contributed by atoms with van der Waals surface area (Å²) in [6.45, 7) is 14.7. The number of para-hydroxylation sites is 2. The lowest BCUT2D eigenvalue weighted by Crippen LogP contribution is -2.35. The van der Waals surface area contributed by atoms with Gasteiger partial charge in [-0.2, -0.15) is 0 Å². The van der Waals surface area contributed by atoms with Crippen LogP contribution >= 0.6 is 0 Å². The molecule has 2 saturated heterocycles. The van der Waals surface area contributed by atoms with E-state index in [-0.39, 0.29) is 34.5 Å². The standard InChI is InChI=1S/2C20H25NO3S/c1-20(2,3)17-9-7-8-16(12-17)15-25(22,23)21(13-19-14-24-19)18-10-5-4-6-11-18;1-20(2,3)19-12-8-7-9-16(19)15-25(22,23)21(13-18-14-24-18)17-10-5-4-6-11-17/h4-12,19H,13-15H2,1-3H3;4-12,18H,13-15H2,1-3H3. The molecule has 6 rings (SSSR count). The molecule has 8 nitrogen and oxygen atoms in total. The summed E-state index contributed by atoms with van der Waals surface area (Å²) in [5, 5.41) is 0. The third kappa shape index (κ3) is 10.4. The van der Waals surface area contributed by atoms with Crippen molar-refractivity contribution >= 4 is 31.4 Å². The second-order valence-electron chi connectivity index (χ2n) is 15.0. The van der Waals surface area contributed by atoms with E-state index in [0.29, 0.717) is 37.7 Å². The lowest BCUT2D eigenvalue weighted by molar-refractivity contribution is 0.412. The normalized spacial score (nSPS) is 17.3. The number of epoxide rings is 2. The molecule has 268 valence electrons. The van der Waals surface area contributed by atoms with Gasteiger partial charge in [0.15, 0.2) is 0 Å². The van der Waals surface area contributed by atoms with Crippen molar-refractivity contribution in [2.24, 2.45) is 0 Å². The van der Waals surface area contributed by atoms with Gasteiger partial charge in [-0.15, -0.1) is 0 Å². The van der Waals surface area contributed by atoms with Gasteiger partial charge in [0.25, 0.3) is 0 Å². The molecular weight excluding hydrogens is 669 g/mol. The Morgan fingerprint density at radius 1 is 0.580 bits per heavy atom. The van der Waals surface area contributed by atoms with Crippen molar-refractivity contribution in [2.45, 2.75) is 76.1 Å². The molecular formula is C40H50N2O6S2. The molecule has 4 aromatic carbocycles. The van der Waals surface area contributed by atoms with Crippen molar-refractivity contribution in [3.8, 4) is 0 Å². The van der Waals surface area contributed by atoms with E-state index in [1.165, 1.54) is 8.61 Å². The maximum absolute atomic E-state index is 13.2. The fraction of sp³-hybridized carbons (Fsp3) is 0.400. The summed E-state index contributed by atoms with van der Waals surface area (Å²) in [6, 6.07) is 34.1. The Hall–Kier alpha value is -3.70. The van der Waals surface area contributed by atoms with Crippen LogP contribution in [-0.2, 0) is 51.9 Å². The zero-order valence-electron chi connectivity index (χ0n) is 30.0. The van der Waals surface area contributed by atoms with Crippen molar-refractivity contribution in [3.05, 3.63) is 131 Å². The topological polar surface area (TPSA) is 99.8 Å². The van der Waals surface area contributed by atoms with E-state index in [4.69, 9.17) is 9.47 Å². The van der Waals surface area contributed by atoms with Gasteiger partial charge in [-0.1, -0.05) is 126 Å². The molecule has 0 N–H and O–H groups in total. The van der Waals surface area contributed by atoms with E-state index in [9.17, 15) is 16.8 Å². The van der Waals surface area contributed by atoms with Crippen LogP contribution in [0.5, 0.6) is 0 Å². The summed E-state index contributed by atoms with van der Waals surface area (Å²) in [4.78, 5) is 0. The molecule has 2 unspecified atom stereocenters. The molecule has 2 heterocycles. The molecule has 0 aliphatic carbocycles. The van der Waals surface area contributed by atoms with Crippen molar-refractivity contribution in [1.29, 1.82) is 0 Å². The van der Waals surface area contributed by atoms with Crippen LogP contribution in [0.1, 0.15) is 63.8 Å². The van der Waals surface area contributed by atoms with Crippen molar-refractivity contribution in [3.63, 3.8) is 0 Å². The SMILES string of the molecule is CC(C)(C)c1cccc(CS(=O)(=O)N(CC2CO2)c2ccccc2)c1.CC(C)(C)c1ccccc1CS(=O)(=O)N(CC1CO1)c1ccccc1. The van der Waals surface area contributed by atoms with E-state index < -0.39 is 20.0 Å². The molecule has 0 radical (unpaired) electrons. The van der Waals surface area contributed by atoms with Crippen molar-refractivity contribution < 1.29 is 26.3 Å². The predicted molar refractivity (Wildman–Crippen MR) is 203 cm³/mol. The van der Waals surface area contributed by atoms with Crippen LogP contribution in [0, 0.1) is 0 Å². The first-order chi connectivity index (χ1) is 23.5. The molecule has 0 saturated carbocycles. The Bertz CT molecular complexity index is 1930. The smallest absolute Gasteiger partial charge is 0.239 e. The van der Waals surface area contributed by atoms with Gasteiger partial charge in [0, 0.05) is 0 Å². The minimum absolute atomic E-state index is 0.00381. The van der Waals surface area contributed by atoms with Crippen molar-refractivity contribution in [2.75, 3.05) is 34.9 Å². The number of hydrogen-bond acceptors (Lipinski definition) is 6. The number of benzene rings is 4. The van der Waals surface area contributed by atoms with Crippen LogP contribution in [0.15, 0.2) is 109 Å². The van der Waals surface area contributed by atoms with Gasteiger partial charge in [0.05, 0.1) is 61.4 Å². The van der Waals surface area contributed by atoms with E-state index >= 15 is 0 Å². The van der Waals surface area contributed by atoms with Crippen LogP contribution < -0.4 is 8.61 Å². The summed E-state index contributed by atoms with van der Waals surface area (Å²) in [6.07, 6.45) is -0.0104. The van der Waals surface area contributed by atoms with Crippen LogP contribution in [0.2, 0.25) is 0 Å². The summed E-state index contributed by atoms with van der Waals surface area (Å²) < 4.78 is 66.1. The van der Waals surface area contributed by atoms with E-state index in [1.807, 2.05) is 109 Å². The average Bonchev–Trinajstić information content (AvgIpc) is 3.99. The predicted octanol–water partition coefficient (Wildman–Crippen LogP) is 7.44. The van der Waals surface area contributed by atoms with Crippen LogP contribution in [-0.4, -0.2) is 55.3 Å². The Kier molecular flexibility index (Phi) is 11.5.